The first-order valence-electron chi connectivity index (χ1n) is 16.6. The Labute approximate surface area is 278 Å². The van der Waals surface area contributed by atoms with Crippen LogP contribution in [-0.2, 0) is 4.79 Å². The average molecular weight is 654 g/mol. The highest BCUT2D eigenvalue weighted by molar-refractivity contribution is 6.36. The highest BCUT2D eigenvalue weighted by atomic mass is 35.5. The van der Waals surface area contributed by atoms with Crippen LogP contribution in [-0.4, -0.2) is 95.2 Å². The molecule has 4 aliphatic rings. The third kappa shape index (κ3) is 5.44. The van der Waals surface area contributed by atoms with E-state index in [9.17, 15) is 4.79 Å². The van der Waals surface area contributed by atoms with Gasteiger partial charge in [0.1, 0.15) is 23.6 Å². The molecule has 9 nitrogen and oxygen atoms in total. The Bertz CT molecular complexity index is 1920. The summed E-state index contributed by atoms with van der Waals surface area (Å²) >= 11 is 6.63. The number of aromatic nitrogens is 3. The third-order valence-electron chi connectivity index (χ3n) is 10.5. The van der Waals surface area contributed by atoms with Gasteiger partial charge in [0.15, 0.2) is 5.82 Å². The van der Waals surface area contributed by atoms with Crippen LogP contribution < -0.4 is 15.0 Å². The average Bonchev–Trinajstić information content (AvgIpc) is 3.80. The van der Waals surface area contributed by atoms with Gasteiger partial charge in [-0.05, 0) is 62.6 Å². The molecule has 0 aliphatic carbocycles. The lowest BCUT2D eigenvalue weighted by Gasteiger charge is -2.31. The van der Waals surface area contributed by atoms with E-state index < -0.39 is 5.82 Å². The molecule has 1 N–H and O–H groups in total. The van der Waals surface area contributed by atoms with Crippen LogP contribution in [0.1, 0.15) is 32.1 Å². The number of halogens is 2. The molecular weight excluding hydrogens is 617 g/mol. The first kappa shape index (κ1) is 30.3. The monoisotopic (exact) mass is 653 g/mol. The molecule has 47 heavy (non-hydrogen) atoms. The van der Waals surface area contributed by atoms with E-state index in [0.29, 0.717) is 41.5 Å². The number of pyridine rings is 1. The number of carbonyl (C=O) groups excluding carboxylic acids is 1. The van der Waals surface area contributed by atoms with Gasteiger partial charge in [0.2, 0.25) is 0 Å². The van der Waals surface area contributed by atoms with Crippen LogP contribution in [0.2, 0.25) is 5.02 Å². The van der Waals surface area contributed by atoms with Gasteiger partial charge in [-0.25, -0.2) is 4.39 Å². The molecule has 1 unspecified atom stereocenters. The van der Waals surface area contributed by atoms with Crippen LogP contribution in [0.25, 0.3) is 32.9 Å². The summed E-state index contributed by atoms with van der Waals surface area (Å²) < 4.78 is 23.2. The molecule has 1 atom stereocenters. The maximum Gasteiger partial charge on any atom is 0.319 e. The maximum atomic E-state index is 16.8. The van der Waals surface area contributed by atoms with Crippen molar-refractivity contribution >= 4 is 45.0 Å². The van der Waals surface area contributed by atoms with Gasteiger partial charge < -0.3 is 19.9 Å². The number of carbonyl (C=O) groups is 1. The second-order valence-electron chi connectivity index (χ2n) is 13.3. The SMILES string of the molecule is CN(c1nc(OCC23CCCN2CCC3)nc2c(F)c(-c3cccc4cccc(Cl)c34)ncc12)C1CCN(C(=O)C#CC2CNC2)C1. The van der Waals surface area contributed by atoms with Gasteiger partial charge in [-0.1, -0.05) is 47.9 Å². The zero-order chi connectivity index (χ0) is 32.1. The Morgan fingerprint density at radius 3 is 2.70 bits per heavy atom. The Morgan fingerprint density at radius 2 is 1.94 bits per heavy atom. The number of hydrogen-bond donors (Lipinski definition) is 1. The smallest absolute Gasteiger partial charge is 0.319 e. The molecule has 4 fully saturated rings. The van der Waals surface area contributed by atoms with Gasteiger partial charge in [-0.2, -0.15) is 9.97 Å². The fraction of sp³-hybridized carbons (Fsp3) is 0.444. The minimum Gasteiger partial charge on any atom is -0.461 e. The van der Waals surface area contributed by atoms with Crippen LogP contribution in [0.4, 0.5) is 10.2 Å². The van der Waals surface area contributed by atoms with Crippen LogP contribution in [0, 0.1) is 23.6 Å². The first-order chi connectivity index (χ1) is 22.9. The summed E-state index contributed by atoms with van der Waals surface area (Å²) in [5.74, 6) is 5.96. The van der Waals surface area contributed by atoms with Crippen LogP contribution in [0.15, 0.2) is 42.6 Å². The fourth-order valence-corrected chi connectivity index (χ4v) is 8.03. The topological polar surface area (TPSA) is 86.7 Å². The van der Waals surface area contributed by atoms with Crippen LogP contribution in [0.3, 0.4) is 0 Å². The van der Waals surface area contributed by atoms with Gasteiger partial charge in [0, 0.05) is 67.4 Å². The van der Waals surface area contributed by atoms with Crippen molar-refractivity contribution in [1.29, 1.82) is 0 Å². The standard InChI is InChI=1S/C36H37ClFN7O2/c1-43(25-12-17-44(21-25)29(46)11-10-23-18-39-19-23)34-27-20-40-32(26-8-2-6-24-7-3-9-28(37)30(24)26)31(38)33(27)41-35(42-34)47-22-36-13-4-15-45(36)16-5-14-36/h2-3,6-9,20,23,25,39H,4-5,12-19,21-22H2,1H3. The van der Waals surface area contributed by atoms with E-state index in [0.717, 1.165) is 69.1 Å². The number of likely N-dealkylation sites (N-methyl/N-ethyl adjacent to an activating group) is 1. The first-order valence-corrected chi connectivity index (χ1v) is 16.9. The number of amides is 1. The molecule has 4 aliphatic heterocycles. The largest absolute Gasteiger partial charge is 0.461 e. The van der Waals surface area contributed by atoms with E-state index in [1.165, 1.54) is 0 Å². The molecule has 0 saturated carbocycles. The Morgan fingerprint density at radius 1 is 1.15 bits per heavy atom. The number of nitrogens with one attached hydrogen (secondary N) is 1. The normalized spacial score (nSPS) is 20.7. The van der Waals surface area contributed by atoms with Crippen molar-refractivity contribution in [2.24, 2.45) is 5.92 Å². The summed E-state index contributed by atoms with van der Waals surface area (Å²) in [5, 5.41) is 5.82. The summed E-state index contributed by atoms with van der Waals surface area (Å²) in [6, 6.07) is 11.4. The fourth-order valence-electron chi connectivity index (χ4n) is 7.74. The zero-order valence-corrected chi connectivity index (χ0v) is 27.2. The second-order valence-corrected chi connectivity index (χ2v) is 13.7. The Balaban J connectivity index is 1.16. The van der Waals surface area contributed by atoms with Crippen molar-refractivity contribution < 1.29 is 13.9 Å². The summed E-state index contributed by atoms with van der Waals surface area (Å²) in [6.07, 6.45) is 6.81. The molecule has 4 saturated heterocycles. The number of rotatable bonds is 6. The van der Waals surface area contributed by atoms with Crippen molar-refractivity contribution in [2.75, 3.05) is 57.8 Å². The number of benzene rings is 2. The molecule has 242 valence electrons. The molecule has 0 bridgehead atoms. The molecule has 8 rings (SSSR count). The van der Waals surface area contributed by atoms with Gasteiger partial charge in [-0.3, -0.25) is 14.7 Å². The highest BCUT2D eigenvalue weighted by Crippen LogP contribution is 2.40. The highest BCUT2D eigenvalue weighted by Gasteiger charge is 2.45. The number of hydrogen-bond acceptors (Lipinski definition) is 8. The minimum atomic E-state index is -0.553. The van der Waals surface area contributed by atoms with Gasteiger partial charge in [0.05, 0.1) is 10.9 Å². The third-order valence-corrected chi connectivity index (χ3v) is 10.8. The predicted molar refractivity (Wildman–Crippen MR) is 181 cm³/mol. The lowest BCUT2D eigenvalue weighted by Crippen LogP contribution is -2.43. The van der Waals surface area contributed by atoms with Gasteiger partial charge >= 0.3 is 6.01 Å². The molecular formula is C36H37ClFN7O2. The summed E-state index contributed by atoms with van der Waals surface area (Å²) in [6.45, 7) is 5.36. The van der Waals surface area contributed by atoms with Crippen molar-refractivity contribution in [2.45, 2.75) is 43.7 Å². The molecule has 6 heterocycles. The molecule has 2 aromatic carbocycles. The second kappa shape index (κ2) is 12.2. The van der Waals surface area contributed by atoms with E-state index in [2.05, 4.69) is 32.0 Å². The molecule has 11 heteroatoms. The number of fused-ring (bicyclic) bond motifs is 3. The molecule has 4 aromatic rings. The summed E-state index contributed by atoms with van der Waals surface area (Å²) in [4.78, 5) is 33.4. The molecule has 2 aromatic heterocycles. The van der Waals surface area contributed by atoms with E-state index in [1.807, 2.05) is 42.3 Å². The van der Waals surface area contributed by atoms with Gasteiger partial charge in [-0.15, -0.1) is 0 Å². The van der Waals surface area contributed by atoms with E-state index in [1.54, 1.807) is 17.2 Å². The molecule has 0 spiro atoms. The van der Waals surface area contributed by atoms with Crippen molar-refractivity contribution in [3.8, 4) is 29.1 Å². The maximum absolute atomic E-state index is 16.8. The van der Waals surface area contributed by atoms with E-state index >= 15 is 4.39 Å². The van der Waals surface area contributed by atoms with E-state index in [-0.39, 0.29) is 40.6 Å². The quantitative estimate of drug-likeness (QED) is 0.294. The van der Waals surface area contributed by atoms with Crippen molar-refractivity contribution in [3.05, 3.63) is 53.4 Å². The minimum absolute atomic E-state index is 0.0189. The number of nitrogens with zero attached hydrogens (tertiary/aromatic N) is 6. The Hall–Kier alpha value is -4.04. The van der Waals surface area contributed by atoms with Crippen molar-refractivity contribution in [1.82, 2.24) is 30.1 Å². The summed E-state index contributed by atoms with van der Waals surface area (Å²) in [7, 11) is 1.93. The summed E-state index contributed by atoms with van der Waals surface area (Å²) in [5.41, 5.74) is 0.890. The molecule has 0 radical (unpaired) electrons. The van der Waals surface area contributed by atoms with Crippen molar-refractivity contribution in [3.63, 3.8) is 0 Å². The van der Waals surface area contributed by atoms with E-state index in [4.69, 9.17) is 21.3 Å². The van der Waals surface area contributed by atoms with Crippen LogP contribution >= 0.6 is 11.6 Å². The predicted octanol–water partition coefficient (Wildman–Crippen LogP) is 4.90. The number of likely N-dealkylation sites (tertiary alicyclic amines) is 1. The van der Waals surface area contributed by atoms with Crippen LogP contribution in [0.5, 0.6) is 6.01 Å². The number of anilines is 1. The van der Waals surface area contributed by atoms with Gasteiger partial charge in [0.25, 0.3) is 5.91 Å². The number of ether oxygens (including phenoxy) is 1. The Kier molecular flexibility index (Phi) is 7.87. The molecule has 1 amide bonds. The zero-order valence-electron chi connectivity index (χ0n) is 26.4. The lowest BCUT2D eigenvalue weighted by atomic mass is 9.95. The lowest BCUT2D eigenvalue weighted by molar-refractivity contribution is -0.124.